The molecule has 0 aliphatic carbocycles. The van der Waals surface area contributed by atoms with Gasteiger partial charge in [0.05, 0.1) is 35.2 Å². The average molecular weight is 533 g/mol. The highest BCUT2D eigenvalue weighted by molar-refractivity contribution is 6.02. The zero-order chi connectivity index (χ0) is 28.1. The molecule has 0 saturated heterocycles. The third-order valence-corrected chi connectivity index (χ3v) is 6.21. The van der Waals surface area contributed by atoms with Crippen molar-refractivity contribution >= 4 is 40.0 Å². The van der Waals surface area contributed by atoms with Crippen LogP contribution in [0.3, 0.4) is 0 Å². The van der Waals surface area contributed by atoms with Crippen LogP contribution in [0.25, 0.3) is 22.6 Å². The van der Waals surface area contributed by atoms with Gasteiger partial charge >= 0.3 is 0 Å². The number of methoxy groups -OCH3 is 1. The van der Waals surface area contributed by atoms with E-state index in [1.807, 2.05) is 43.6 Å². The van der Waals surface area contributed by atoms with Gasteiger partial charge in [0.25, 0.3) is 0 Å². The van der Waals surface area contributed by atoms with Crippen molar-refractivity contribution in [1.29, 1.82) is 0 Å². The molecule has 11 heteroatoms. The second-order valence-corrected chi connectivity index (χ2v) is 9.19. The first-order valence-corrected chi connectivity index (χ1v) is 12.5. The van der Waals surface area contributed by atoms with Crippen molar-refractivity contribution in [3.63, 3.8) is 0 Å². The van der Waals surface area contributed by atoms with Crippen LogP contribution in [-0.2, 0) is 11.3 Å². The molecule has 10 nitrogen and oxygen atoms in total. The quantitative estimate of drug-likeness (QED) is 0.272. The largest absolute Gasteiger partial charge is 0.494 e. The summed E-state index contributed by atoms with van der Waals surface area (Å²) >= 11 is 0. The summed E-state index contributed by atoms with van der Waals surface area (Å²) in [5, 5.41) is 6.10. The number of fused-ring (bicyclic) bond motifs is 1. The molecule has 0 unspecified atom stereocenters. The Balaban J connectivity index is 1.72. The Bertz CT molecular complexity index is 1500. The van der Waals surface area contributed by atoms with E-state index in [1.54, 1.807) is 31.5 Å². The van der Waals surface area contributed by atoms with E-state index in [0.717, 1.165) is 24.3 Å². The van der Waals surface area contributed by atoms with Crippen LogP contribution in [0.2, 0.25) is 0 Å². The molecule has 0 bridgehead atoms. The summed E-state index contributed by atoms with van der Waals surface area (Å²) in [6.07, 6.45) is 2.85. The maximum absolute atomic E-state index is 13.8. The summed E-state index contributed by atoms with van der Waals surface area (Å²) in [4.78, 5) is 30.0. The first-order chi connectivity index (χ1) is 18.7. The summed E-state index contributed by atoms with van der Waals surface area (Å²) in [6, 6.07) is 9.93. The van der Waals surface area contributed by atoms with E-state index in [0.29, 0.717) is 46.7 Å². The fourth-order valence-electron chi connectivity index (χ4n) is 4.19. The van der Waals surface area contributed by atoms with Crippen LogP contribution in [0.5, 0.6) is 5.75 Å². The number of aromatic nitrogens is 4. The van der Waals surface area contributed by atoms with Crippen LogP contribution in [0, 0.1) is 5.82 Å². The van der Waals surface area contributed by atoms with Crippen molar-refractivity contribution in [3.8, 4) is 17.3 Å². The van der Waals surface area contributed by atoms with Crippen LogP contribution < -0.4 is 20.3 Å². The molecule has 2 N–H and O–H groups in total. The number of rotatable bonds is 11. The van der Waals surface area contributed by atoms with Crippen LogP contribution in [0.15, 0.2) is 55.3 Å². The maximum atomic E-state index is 13.8. The number of hydrogen-bond acceptors (Lipinski definition) is 8. The van der Waals surface area contributed by atoms with Gasteiger partial charge in [0.15, 0.2) is 5.82 Å². The topological polar surface area (TPSA) is 100 Å². The summed E-state index contributed by atoms with van der Waals surface area (Å²) in [5.41, 5.74) is 3.87. The molecule has 0 saturated carbocycles. The lowest BCUT2D eigenvalue weighted by Gasteiger charge is -2.26. The van der Waals surface area contributed by atoms with Gasteiger partial charge in [-0.05, 0) is 51.4 Å². The summed E-state index contributed by atoms with van der Waals surface area (Å²) in [7, 11) is 7.53. The fraction of sp³-hybridized carbons (Fsp3) is 0.286. The number of nitrogens with zero attached hydrogens (tertiary/aromatic N) is 6. The Kier molecular flexibility index (Phi) is 8.40. The van der Waals surface area contributed by atoms with Crippen LogP contribution in [0.4, 0.5) is 27.4 Å². The number of hydrogen-bond donors (Lipinski definition) is 2. The first-order valence-electron chi connectivity index (χ1n) is 12.5. The van der Waals surface area contributed by atoms with Crippen LogP contribution in [0.1, 0.15) is 6.92 Å². The molecule has 4 aromatic rings. The van der Waals surface area contributed by atoms with Gasteiger partial charge in [-0.2, -0.15) is 0 Å². The maximum Gasteiger partial charge on any atom is 0.247 e. The molecule has 2 heterocycles. The smallest absolute Gasteiger partial charge is 0.247 e. The third kappa shape index (κ3) is 6.15. The number of anilines is 4. The molecule has 0 radical (unpaired) electrons. The zero-order valence-electron chi connectivity index (χ0n) is 22.8. The number of amides is 1. The lowest BCUT2D eigenvalue weighted by Crippen LogP contribution is -2.29. The Morgan fingerprint density at radius 3 is 2.62 bits per heavy atom. The van der Waals surface area contributed by atoms with Crippen LogP contribution in [-0.4, -0.2) is 71.7 Å². The van der Waals surface area contributed by atoms with E-state index in [1.165, 1.54) is 18.2 Å². The lowest BCUT2D eigenvalue weighted by molar-refractivity contribution is -0.111. The van der Waals surface area contributed by atoms with Gasteiger partial charge < -0.3 is 29.7 Å². The minimum atomic E-state index is -0.345. The van der Waals surface area contributed by atoms with E-state index in [-0.39, 0.29) is 11.7 Å². The van der Waals surface area contributed by atoms with Gasteiger partial charge in [-0.25, -0.2) is 19.3 Å². The van der Waals surface area contributed by atoms with Crippen molar-refractivity contribution in [1.82, 2.24) is 24.4 Å². The highest BCUT2D eigenvalue weighted by atomic mass is 19.1. The number of benzene rings is 2. The summed E-state index contributed by atoms with van der Waals surface area (Å²) in [5.74, 6) is 0.779. The molecule has 0 aliphatic rings. The SMILES string of the molecule is C=CC(=O)Nc1cc(Nc2nccc(-c3nc4cc(F)ccc4n3CC)n2)c(OC)cc1N(C)CCN(C)C. The van der Waals surface area contributed by atoms with Gasteiger partial charge in [-0.1, -0.05) is 6.58 Å². The summed E-state index contributed by atoms with van der Waals surface area (Å²) < 4.78 is 21.5. The standard InChI is InChI=1S/C28H33FN8O2/c1-7-26(38)31-21-16-22(25(39-6)17-24(21)36(5)14-13-35(3)4)34-28-30-12-11-19(33-28)27-32-20-15-18(29)9-10-23(20)37(27)8-2/h7,9-12,15-17H,1,8,13-14H2,2-6H3,(H,31,38)(H,30,33,34). The third-order valence-electron chi connectivity index (χ3n) is 6.21. The molecule has 2 aromatic heterocycles. The molecule has 0 atom stereocenters. The normalized spacial score (nSPS) is 11.1. The average Bonchev–Trinajstić information content (AvgIpc) is 3.29. The van der Waals surface area contributed by atoms with Crippen molar-refractivity contribution in [3.05, 3.63) is 61.1 Å². The number of ether oxygens (including phenoxy) is 1. The number of likely N-dealkylation sites (N-methyl/N-ethyl adjacent to an activating group) is 2. The second-order valence-electron chi connectivity index (χ2n) is 9.19. The number of halogens is 1. The van der Waals surface area contributed by atoms with E-state index >= 15 is 0 Å². The highest BCUT2D eigenvalue weighted by Crippen LogP contribution is 2.38. The van der Waals surface area contributed by atoms with Crippen molar-refractivity contribution < 1.29 is 13.9 Å². The second kappa shape index (κ2) is 11.9. The molecule has 0 aliphatic heterocycles. The van der Waals surface area contributed by atoms with Gasteiger partial charge in [0.2, 0.25) is 11.9 Å². The van der Waals surface area contributed by atoms with E-state index in [9.17, 15) is 9.18 Å². The van der Waals surface area contributed by atoms with E-state index in [4.69, 9.17) is 4.74 Å². The number of carbonyl (C=O) groups excluding carboxylic acids is 1. The number of aryl methyl sites for hydroxylation is 1. The molecule has 0 fully saturated rings. The van der Waals surface area contributed by atoms with E-state index < -0.39 is 0 Å². The Labute approximate surface area is 227 Å². The van der Waals surface area contributed by atoms with Crippen molar-refractivity contribution in [2.45, 2.75) is 13.5 Å². The zero-order valence-corrected chi connectivity index (χ0v) is 22.8. The lowest BCUT2D eigenvalue weighted by atomic mass is 10.2. The number of imidazole rings is 1. The Hall–Kier alpha value is -4.51. The van der Waals surface area contributed by atoms with Gasteiger partial charge in [-0.3, -0.25) is 4.79 Å². The minimum absolute atomic E-state index is 0.307. The predicted molar refractivity (Wildman–Crippen MR) is 153 cm³/mol. The highest BCUT2D eigenvalue weighted by Gasteiger charge is 2.18. The number of carbonyl (C=O) groups is 1. The summed E-state index contributed by atoms with van der Waals surface area (Å²) in [6.45, 7) is 7.75. The molecule has 4 rings (SSSR count). The molecule has 39 heavy (non-hydrogen) atoms. The van der Waals surface area contributed by atoms with Crippen molar-refractivity contribution in [2.24, 2.45) is 0 Å². The molecule has 2 aromatic carbocycles. The first kappa shape index (κ1) is 27.5. The van der Waals surface area contributed by atoms with Gasteiger partial charge in [-0.15, -0.1) is 0 Å². The van der Waals surface area contributed by atoms with Crippen molar-refractivity contribution in [2.75, 3.05) is 56.9 Å². The molecular formula is C28H33FN8O2. The monoisotopic (exact) mass is 532 g/mol. The number of nitrogens with one attached hydrogen (secondary N) is 2. The van der Waals surface area contributed by atoms with E-state index in [2.05, 4.69) is 37.1 Å². The Morgan fingerprint density at radius 2 is 1.92 bits per heavy atom. The predicted octanol–water partition coefficient (Wildman–Crippen LogP) is 4.53. The van der Waals surface area contributed by atoms with Gasteiger partial charge in [0.1, 0.15) is 17.3 Å². The fourth-order valence-corrected chi connectivity index (χ4v) is 4.19. The molecule has 204 valence electrons. The minimum Gasteiger partial charge on any atom is -0.494 e. The van der Waals surface area contributed by atoms with Gasteiger partial charge in [0, 0.05) is 45.0 Å². The Morgan fingerprint density at radius 1 is 1.13 bits per heavy atom. The molecule has 1 amide bonds. The molecule has 0 spiro atoms. The molecular weight excluding hydrogens is 499 g/mol. The van der Waals surface area contributed by atoms with Crippen LogP contribution >= 0.6 is 0 Å².